The second kappa shape index (κ2) is 5.34. The summed E-state index contributed by atoms with van der Waals surface area (Å²) >= 11 is 1.42. The van der Waals surface area contributed by atoms with E-state index in [1.165, 1.54) is 23.9 Å². The molecule has 2 aliphatic rings. The third-order valence-electron chi connectivity index (χ3n) is 3.93. The van der Waals surface area contributed by atoms with E-state index in [2.05, 4.69) is 11.4 Å². The highest BCUT2D eigenvalue weighted by atomic mass is 32.2. The highest BCUT2D eigenvalue weighted by Gasteiger charge is 2.43. The number of hydrogen-bond acceptors (Lipinski definition) is 3. The van der Waals surface area contributed by atoms with Crippen molar-refractivity contribution in [1.82, 2.24) is 5.32 Å². The second-order valence-electron chi connectivity index (χ2n) is 5.67. The molecule has 3 rings (SSSR count). The number of thioether (sulfide) groups is 1. The Balaban J connectivity index is 1.66. The van der Waals surface area contributed by atoms with Gasteiger partial charge in [-0.15, -0.1) is 11.8 Å². The molecule has 0 radical (unpaired) electrons. The molecule has 5 heteroatoms. The molecular weight excluding hydrogens is 278 g/mol. The average Bonchev–Trinajstić information content (AvgIpc) is 3.13. The summed E-state index contributed by atoms with van der Waals surface area (Å²) in [6.45, 7) is 0. The van der Waals surface area contributed by atoms with Crippen LogP contribution < -0.4 is 5.32 Å². The summed E-state index contributed by atoms with van der Waals surface area (Å²) in [4.78, 5) is 0.469. The van der Waals surface area contributed by atoms with E-state index in [1.54, 1.807) is 0 Å². The average molecular weight is 294 g/mol. The normalized spacial score (nSPS) is 29.4. The molecule has 0 bridgehead atoms. The molecule has 20 heavy (non-hydrogen) atoms. The largest absolute Gasteiger partial charge is 0.297 e. The highest BCUT2D eigenvalue weighted by Crippen LogP contribution is 2.42. The summed E-state index contributed by atoms with van der Waals surface area (Å²) in [6.07, 6.45) is 4.71. The monoisotopic (exact) mass is 294 g/mol. The lowest BCUT2D eigenvalue weighted by Gasteiger charge is -2.22. The van der Waals surface area contributed by atoms with Crippen LogP contribution in [0.25, 0.3) is 0 Å². The minimum atomic E-state index is -0.556. The SMILES string of the molecule is N#CC1(NC2CC2)CCC(Sc2ccc(F)cc2F)C1. The van der Waals surface area contributed by atoms with E-state index in [9.17, 15) is 14.0 Å². The van der Waals surface area contributed by atoms with Crippen LogP contribution in [-0.2, 0) is 0 Å². The molecule has 2 atom stereocenters. The van der Waals surface area contributed by atoms with Gasteiger partial charge in [0.15, 0.2) is 0 Å². The Morgan fingerprint density at radius 3 is 2.75 bits per heavy atom. The molecule has 0 saturated heterocycles. The van der Waals surface area contributed by atoms with E-state index >= 15 is 0 Å². The summed E-state index contributed by atoms with van der Waals surface area (Å²) in [5.41, 5.74) is -0.449. The first kappa shape index (κ1) is 13.8. The first-order chi connectivity index (χ1) is 9.60. The molecule has 2 fully saturated rings. The van der Waals surface area contributed by atoms with E-state index < -0.39 is 17.2 Å². The molecule has 0 aromatic heterocycles. The summed E-state index contributed by atoms with van der Waals surface area (Å²) in [5, 5.41) is 13.1. The zero-order valence-corrected chi connectivity index (χ0v) is 11.9. The number of nitrogens with zero attached hydrogens (tertiary/aromatic N) is 1. The Morgan fingerprint density at radius 2 is 2.10 bits per heavy atom. The van der Waals surface area contributed by atoms with Crippen LogP contribution in [0.3, 0.4) is 0 Å². The van der Waals surface area contributed by atoms with Gasteiger partial charge in [0.25, 0.3) is 0 Å². The smallest absolute Gasteiger partial charge is 0.139 e. The van der Waals surface area contributed by atoms with Crippen LogP contribution in [0.5, 0.6) is 0 Å². The van der Waals surface area contributed by atoms with E-state index in [0.717, 1.165) is 38.2 Å². The molecular formula is C15H16F2N2S. The van der Waals surface area contributed by atoms with Gasteiger partial charge in [0.1, 0.15) is 17.2 Å². The van der Waals surface area contributed by atoms with Crippen molar-refractivity contribution in [3.63, 3.8) is 0 Å². The Labute approximate surface area is 121 Å². The molecule has 2 aliphatic carbocycles. The fourth-order valence-corrected chi connectivity index (χ4v) is 4.02. The van der Waals surface area contributed by atoms with Crippen LogP contribution >= 0.6 is 11.8 Å². The molecule has 0 amide bonds. The molecule has 0 spiro atoms. The second-order valence-corrected chi connectivity index (χ2v) is 7.01. The summed E-state index contributed by atoms with van der Waals surface area (Å²) in [5.74, 6) is -1.07. The van der Waals surface area contributed by atoms with Crippen molar-refractivity contribution in [2.45, 2.75) is 53.8 Å². The molecule has 2 saturated carbocycles. The fourth-order valence-electron chi connectivity index (χ4n) is 2.73. The lowest BCUT2D eigenvalue weighted by Crippen LogP contribution is -2.43. The molecule has 1 N–H and O–H groups in total. The zero-order chi connectivity index (χ0) is 14.2. The molecule has 2 unspecified atom stereocenters. The number of nitriles is 1. The number of rotatable bonds is 4. The van der Waals surface area contributed by atoms with Gasteiger partial charge < -0.3 is 0 Å². The molecule has 0 aliphatic heterocycles. The fraction of sp³-hybridized carbons (Fsp3) is 0.533. The van der Waals surface area contributed by atoms with Crippen molar-refractivity contribution in [3.05, 3.63) is 29.8 Å². The van der Waals surface area contributed by atoms with Crippen LogP contribution in [0.1, 0.15) is 32.1 Å². The lowest BCUT2D eigenvalue weighted by molar-refractivity contribution is 0.420. The van der Waals surface area contributed by atoms with Crippen molar-refractivity contribution >= 4 is 11.8 Å². The van der Waals surface area contributed by atoms with Gasteiger partial charge in [0.05, 0.1) is 6.07 Å². The van der Waals surface area contributed by atoms with Crippen molar-refractivity contribution in [2.75, 3.05) is 0 Å². The Morgan fingerprint density at radius 1 is 1.30 bits per heavy atom. The van der Waals surface area contributed by atoms with Gasteiger partial charge in [-0.1, -0.05) is 0 Å². The summed E-state index contributed by atoms with van der Waals surface area (Å²) < 4.78 is 26.5. The van der Waals surface area contributed by atoms with Crippen molar-refractivity contribution in [3.8, 4) is 6.07 Å². The van der Waals surface area contributed by atoms with E-state index in [-0.39, 0.29) is 5.25 Å². The first-order valence-electron chi connectivity index (χ1n) is 6.91. The maximum absolute atomic E-state index is 13.7. The van der Waals surface area contributed by atoms with Crippen LogP contribution in [0.4, 0.5) is 8.78 Å². The Bertz CT molecular complexity index is 553. The van der Waals surface area contributed by atoms with Gasteiger partial charge in [0, 0.05) is 22.3 Å². The minimum absolute atomic E-state index is 0.209. The van der Waals surface area contributed by atoms with E-state index in [4.69, 9.17) is 0 Å². The van der Waals surface area contributed by atoms with Gasteiger partial charge in [-0.05, 0) is 44.2 Å². The number of nitrogens with one attached hydrogen (secondary N) is 1. The molecule has 0 heterocycles. The minimum Gasteiger partial charge on any atom is -0.297 e. The highest BCUT2D eigenvalue weighted by molar-refractivity contribution is 8.00. The molecule has 1 aromatic carbocycles. The maximum Gasteiger partial charge on any atom is 0.139 e. The van der Waals surface area contributed by atoms with Crippen LogP contribution in [0.15, 0.2) is 23.1 Å². The zero-order valence-electron chi connectivity index (χ0n) is 11.0. The van der Waals surface area contributed by atoms with Crippen LogP contribution in [-0.4, -0.2) is 16.8 Å². The van der Waals surface area contributed by atoms with Gasteiger partial charge >= 0.3 is 0 Å². The van der Waals surface area contributed by atoms with E-state index in [1.807, 2.05) is 0 Å². The molecule has 1 aromatic rings. The topological polar surface area (TPSA) is 35.8 Å². The summed E-state index contributed by atoms with van der Waals surface area (Å²) in [7, 11) is 0. The van der Waals surface area contributed by atoms with Gasteiger partial charge in [0.2, 0.25) is 0 Å². The third kappa shape index (κ3) is 2.97. The Hall–Kier alpha value is -1.12. The Kier molecular flexibility index (Phi) is 3.70. The number of benzene rings is 1. The van der Waals surface area contributed by atoms with Crippen molar-refractivity contribution in [2.24, 2.45) is 0 Å². The third-order valence-corrected chi connectivity index (χ3v) is 5.25. The van der Waals surface area contributed by atoms with Gasteiger partial charge in [-0.3, -0.25) is 5.32 Å². The van der Waals surface area contributed by atoms with Crippen LogP contribution in [0, 0.1) is 23.0 Å². The van der Waals surface area contributed by atoms with Crippen LogP contribution in [0.2, 0.25) is 0 Å². The lowest BCUT2D eigenvalue weighted by atomic mass is 10.00. The van der Waals surface area contributed by atoms with Crippen molar-refractivity contribution < 1.29 is 8.78 Å². The first-order valence-corrected chi connectivity index (χ1v) is 7.79. The predicted octanol–water partition coefficient (Wildman–Crippen LogP) is 3.62. The van der Waals surface area contributed by atoms with Gasteiger partial charge in [-0.25, -0.2) is 8.78 Å². The number of halogens is 2. The quantitative estimate of drug-likeness (QED) is 0.921. The standard InChI is InChI=1S/C15H16F2N2S/c16-10-1-4-14(13(17)7-10)20-12-5-6-15(8-12,9-18)19-11-2-3-11/h1,4,7,11-12,19H,2-3,5-6,8H2. The molecule has 106 valence electrons. The molecule has 2 nitrogen and oxygen atoms in total. The predicted molar refractivity (Wildman–Crippen MR) is 74.4 cm³/mol. The van der Waals surface area contributed by atoms with E-state index in [0.29, 0.717) is 10.9 Å². The van der Waals surface area contributed by atoms with Gasteiger partial charge in [-0.2, -0.15) is 5.26 Å². The number of hydrogen-bond donors (Lipinski definition) is 1. The maximum atomic E-state index is 13.7. The summed E-state index contributed by atoms with van der Waals surface area (Å²) in [6, 6.07) is 6.57. The van der Waals surface area contributed by atoms with Crippen molar-refractivity contribution in [1.29, 1.82) is 5.26 Å².